The van der Waals surface area contributed by atoms with Crippen molar-refractivity contribution in [1.29, 1.82) is 0 Å². The lowest BCUT2D eigenvalue weighted by atomic mass is 10.2. The summed E-state index contributed by atoms with van der Waals surface area (Å²) in [6.45, 7) is 12.2. The summed E-state index contributed by atoms with van der Waals surface area (Å²) in [7, 11) is 0. The van der Waals surface area contributed by atoms with Crippen molar-refractivity contribution in [3.63, 3.8) is 0 Å². The first-order chi connectivity index (χ1) is 23.5. The second-order valence-electron chi connectivity index (χ2n) is 10.7. The van der Waals surface area contributed by atoms with Crippen LogP contribution in [0.1, 0.15) is 35.9 Å². The molecule has 0 saturated carbocycles. The largest absolute Gasteiger partial charge is 0.461 e. The van der Waals surface area contributed by atoms with Crippen molar-refractivity contribution in [1.82, 2.24) is 16.1 Å². The fraction of sp³-hybridized carbons (Fsp3) is 0.140. The number of hydrogen-bond donors (Lipinski definition) is 2. The highest BCUT2D eigenvalue weighted by Crippen LogP contribution is 2.24. The minimum atomic E-state index is 0. The molecule has 4 aromatic heterocycles. The average Bonchev–Trinajstić information content (AvgIpc) is 3.91. The van der Waals surface area contributed by atoms with E-state index in [9.17, 15) is 0 Å². The van der Waals surface area contributed by atoms with E-state index in [0.717, 1.165) is 21.9 Å². The first-order valence-corrected chi connectivity index (χ1v) is 17.9. The smallest absolute Gasteiger partial charge is 0.134 e. The summed E-state index contributed by atoms with van der Waals surface area (Å²) in [4.78, 5) is 7.59. The maximum absolute atomic E-state index is 5.37. The van der Waals surface area contributed by atoms with E-state index in [1.807, 2.05) is 130 Å². The Hall–Kier alpha value is -5.01. The fourth-order valence-corrected chi connectivity index (χ4v) is 6.59. The number of thiazole rings is 1. The number of aryl methyl sites for hydroxylation is 4. The molecule has 252 valence electrons. The second kappa shape index (κ2) is 20.4. The summed E-state index contributed by atoms with van der Waals surface area (Å²) >= 11 is 3.55. The molecule has 49 heavy (non-hydrogen) atoms. The second-order valence-corrected chi connectivity index (χ2v) is 12.9. The summed E-state index contributed by atoms with van der Waals surface area (Å²) < 4.78 is 8.03. The van der Waals surface area contributed by atoms with Gasteiger partial charge in [0.2, 0.25) is 0 Å². The normalized spacial score (nSPS) is 9.67. The number of fused-ring (bicyclic) bond motifs is 4. The van der Waals surface area contributed by atoms with Crippen LogP contribution in [0.3, 0.4) is 0 Å². The van der Waals surface area contributed by atoms with Gasteiger partial charge in [0.05, 0.1) is 15.2 Å². The van der Waals surface area contributed by atoms with Gasteiger partial charge >= 0.3 is 0 Å². The molecular weight excluding hydrogens is 639 g/mol. The van der Waals surface area contributed by atoms with Crippen LogP contribution in [-0.2, 0) is 0 Å². The lowest BCUT2D eigenvalue weighted by Gasteiger charge is -1.86. The Balaban J connectivity index is 0.000000164. The molecule has 4 nitrogen and oxygen atoms in total. The third-order valence-electron chi connectivity index (χ3n) is 6.96. The highest BCUT2D eigenvalue weighted by molar-refractivity contribution is 7.18. The topological polar surface area (TPSA) is 76.8 Å². The first kappa shape index (κ1) is 38.4. The van der Waals surface area contributed by atoms with Crippen LogP contribution in [0.15, 0.2) is 155 Å². The standard InChI is InChI=1S/C9H9N.C9H8O.C9H8S.C8H7NS.C6H6.C2H6.H3N/c2*1-7-6-8-4-2-3-5-9(8)10-7;1-7-6-10-9-5-3-2-4-8(7)9;1-6-9-7-4-2-3-5-8(7)10-6;1-2-4-6-5-3-1;1-2;/h2-6,10H,1H3;2*2-6H,1H3;2-5H,1H3;1-6H;1-2H3;1H3. The molecule has 9 aromatic rings. The molecule has 0 atom stereocenters. The maximum Gasteiger partial charge on any atom is 0.134 e. The van der Waals surface area contributed by atoms with E-state index in [1.165, 1.54) is 42.3 Å². The molecule has 6 heteroatoms. The van der Waals surface area contributed by atoms with Gasteiger partial charge in [-0.2, -0.15) is 0 Å². The lowest BCUT2D eigenvalue weighted by Crippen LogP contribution is -1.65. The number of nitrogens with zero attached hydrogens (tertiary/aromatic N) is 1. The fourth-order valence-electron chi connectivity index (χ4n) is 4.82. The zero-order valence-electron chi connectivity index (χ0n) is 29.3. The Bertz CT molecular complexity index is 1920. The van der Waals surface area contributed by atoms with Gasteiger partial charge in [0, 0.05) is 21.3 Å². The van der Waals surface area contributed by atoms with Gasteiger partial charge in [-0.3, -0.25) is 0 Å². The summed E-state index contributed by atoms with van der Waals surface area (Å²) in [6, 6.07) is 49.2. The van der Waals surface area contributed by atoms with Gasteiger partial charge in [-0.25, -0.2) is 4.98 Å². The number of nitrogens with one attached hydrogen (secondary N) is 1. The Kier molecular flexibility index (Phi) is 16.0. The van der Waals surface area contributed by atoms with Crippen molar-refractivity contribution in [3.05, 3.63) is 173 Å². The van der Waals surface area contributed by atoms with Crippen molar-refractivity contribution in [3.8, 4) is 0 Å². The van der Waals surface area contributed by atoms with Gasteiger partial charge in [0.1, 0.15) is 11.3 Å². The summed E-state index contributed by atoms with van der Waals surface area (Å²) in [5, 5.41) is 7.21. The van der Waals surface area contributed by atoms with Gasteiger partial charge < -0.3 is 15.6 Å². The number of para-hydroxylation sites is 3. The predicted octanol–water partition coefficient (Wildman–Crippen LogP) is 13.9. The van der Waals surface area contributed by atoms with Crippen molar-refractivity contribution in [2.45, 2.75) is 41.5 Å². The molecule has 0 amide bonds. The molecular formula is C43H47N3OS2. The zero-order chi connectivity index (χ0) is 34.1. The van der Waals surface area contributed by atoms with E-state index in [0.29, 0.717) is 0 Å². The van der Waals surface area contributed by atoms with Crippen LogP contribution < -0.4 is 6.15 Å². The Labute approximate surface area is 298 Å². The number of rotatable bonds is 0. The molecule has 0 bridgehead atoms. The molecule has 0 aliphatic carbocycles. The van der Waals surface area contributed by atoms with E-state index >= 15 is 0 Å². The van der Waals surface area contributed by atoms with Crippen LogP contribution >= 0.6 is 22.7 Å². The molecule has 4 heterocycles. The van der Waals surface area contributed by atoms with Crippen LogP contribution in [0.2, 0.25) is 0 Å². The minimum absolute atomic E-state index is 0. The molecule has 5 aromatic carbocycles. The number of aromatic amines is 1. The van der Waals surface area contributed by atoms with Crippen LogP contribution in [-0.4, -0.2) is 9.97 Å². The predicted molar refractivity (Wildman–Crippen MR) is 218 cm³/mol. The van der Waals surface area contributed by atoms with E-state index < -0.39 is 0 Å². The van der Waals surface area contributed by atoms with Crippen LogP contribution in [0.5, 0.6) is 0 Å². The summed E-state index contributed by atoms with van der Waals surface area (Å²) in [5.41, 5.74) is 5.92. The van der Waals surface area contributed by atoms with Crippen molar-refractivity contribution in [2.75, 3.05) is 0 Å². The summed E-state index contributed by atoms with van der Waals surface area (Å²) in [5.74, 6) is 0.973. The highest BCUT2D eigenvalue weighted by Gasteiger charge is 1.97. The summed E-state index contributed by atoms with van der Waals surface area (Å²) in [6.07, 6.45) is 0. The highest BCUT2D eigenvalue weighted by atomic mass is 32.1. The molecule has 9 rings (SSSR count). The quantitative estimate of drug-likeness (QED) is 0.167. The number of H-pyrrole nitrogens is 1. The Morgan fingerprint density at radius 2 is 1.16 bits per heavy atom. The zero-order valence-corrected chi connectivity index (χ0v) is 30.9. The van der Waals surface area contributed by atoms with Gasteiger partial charge in [0.25, 0.3) is 0 Å². The molecule has 0 spiro atoms. The minimum Gasteiger partial charge on any atom is -0.461 e. The molecule has 0 aliphatic heterocycles. The Morgan fingerprint density at radius 1 is 0.592 bits per heavy atom. The molecule has 0 unspecified atom stereocenters. The third-order valence-corrected chi connectivity index (χ3v) is 8.99. The number of benzene rings is 5. The molecule has 0 saturated heterocycles. The molecule has 4 N–H and O–H groups in total. The van der Waals surface area contributed by atoms with Crippen LogP contribution in [0.4, 0.5) is 0 Å². The van der Waals surface area contributed by atoms with E-state index in [1.54, 1.807) is 11.3 Å². The van der Waals surface area contributed by atoms with Crippen molar-refractivity contribution in [2.24, 2.45) is 0 Å². The van der Waals surface area contributed by atoms with Crippen LogP contribution in [0, 0.1) is 27.7 Å². The number of aromatic nitrogens is 2. The van der Waals surface area contributed by atoms with Crippen molar-refractivity contribution < 1.29 is 4.42 Å². The van der Waals surface area contributed by atoms with Gasteiger partial charge in [-0.1, -0.05) is 117 Å². The van der Waals surface area contributed by atoms with E-state index in [2.05, 4.69) is 83.8 Å². The number of furan rings is 1. The average molecular weight is 686 g/mol. The monoisotopic (exact) mass is 685 g/mol. The first-order valence-electron chi connectivity index (χ1n) is 16.2. The Morgan fingerprint density at radius 3 is 1.80 bits per heavy atom. The number of thiophene rings is 1. The molecule has 0 radical (unpaired) electrons. The van der Waals surface area contributed by atoms with Gasteiger partial charge in [0.15, 0.2) is 0 Å². The van der Waals surface area contributed by atoms with Gasteiger partial charge in [-0.05, 0) is 91.9 Å². The molecule has 0 aliphatic rings. The van der Waals surface area contributed by atoms with Crippen LogP contribution in [0.25, 0.3) is 42.2 Å². The SMILES string of the molecule is CC.Cc1cc2ccccc2[nH]1.Cc1cc2ccccc2o1.Cc1csc2ccccc12.Cc1nc2ccccc2s1.N.c1ccccc1. The maximum atomic E-state index is 5.37. The van der Waals surface area contributed by atoms with E-state index in [-0.39, 0.29) is 6.15 Å². The van der Waals surface area contributed by atoms with E-state index in [4.69, 9.17) is 4.42 Å². The third kappa shape index (κ3) is 11.9. The molecule has 0 fully saturated rings. The van der Waals surface area contributed by atoms with Crippen molar-refractivity contribution >= 4 is 64.8 Å². The lowest BCUT2D eigenvalue weighted by molar-refractivity contribution is 0.578. The number of hydrogen-bond acceptors (Lipinski definition) is 5. The van der Waals surface area contributed by atoms with Gasteiger partial charge in [-0.15, -0.1) is 22.7 Å².